The van der Waals surface area contributed by atoms with Crippen molar-refractivity contribution in [3.05, 3.63) is 42.4 Å². The van der Waals surface area contributed by atoms with Crippen LogP contribution in [0.25, 0.3) is 22.0 Å². The van der Waals surface area contributed by atoms with Gasteiger partial charge in [-0.1, -0.05) is 0 Å². The molecule has 146 valence electrons. The van der Waals surface area contributed by atoms with Crippen molar-refractivity contribution < 1.29 is 9.53 Å². The number of carbonyl (C=O) groups excluding carboxylic acids is 1. The maximum Gasteiger partial charge on any atom is 0.230 e. The van der Waals surface area contributed by atoms with Crippen molar-refractivity contribution in [1.82, 2.24) is 15.0 Å². The van der Waals surface area contributed by atoms with Gasteiger partial charge in [0.15, 0.2) is 0 Å². The molecule has 0 aromatic carbocycles. The summed E-state index contributed by atoms with van der Waals surface area (Å²) in [6.07, 6.45) is 6.43. The average molecular weight is 388 g/mol. The lowest BCUT2D eigenvalue weighted by atomic mass is 10.0. The van der Waals surface area contributed by atoms with E-state index < -0.39 is 0 Å². The van der Waals surface area contributed by atoms with Gasteiger partial charge < -0.3 is 15.8 Å². The van der Waals surface area contributed by atoms with E-state index in [2.05, 4.69) is 26.3 Å². The van der Waals surface area contributed by atoms with Crippen molar-refractivity contribution in [3.63, 3.8) is 0 Å². The van der Waals surface area contributed by atoms with Crippen LogP contribution in [-0.2, 0) is 16.0 Å². The number of ether oxygens (including phenoxy) is 1. The van der Waals surface area contributed by atoms with E-state index in [1.807, 2.05) is 12.1 Å². The summed E-state index contributed by atoms with van der Waals surface area (Å²) < 4.78 is 5.19. The first-order valence-corrected chi connectivity index (χ1v) is 9.29. The van der Waals surface area contributed by atoms with Gasteiger partial charge in [-0.05, 0) is 42.0 Å². The molecule has 8 nitrogen and oxygen atoms in total. The molecule has 0 aliphatic heterocycles. The zero-order valence-corrected chi connectivity index (χ0v) is 15.9. The van der Waals surface area contributed by atoms with E-state index >= 15 is 0 Å². The molecule has 1 fully saturated rings. The number of aromatic nitrogens is 3. The topological polar surface area (TPSA) is 127 Å². The number of nitrogens with one attached hydrogen (secondary N) is 1. The number of amides is 1. The molecule has 4 rings (SSSR count). The summed E-state index contributed by atoms with van der Waals surface area (Å²) >= 11 is 0. The summed E-state index contributed by atoms with van der Waals surface area (Å²) in [7, 11) is 1.66. The summed E-state index contributed by atoms with van der Waals surface area (Å²) in [4.78, 5) is 25.2. The first kappa shape index (κ1) is 18.8. The average Bonchev–Trinajstić information content (AvgIpc) is 3.52. The van der Waals surface area contributed by atoms with Gasteiger partial charge in [-0.15, -0.1) is 0 Å². The molecule has 0 radical (unpaired) electrons. The van der Waals surface area contributed by atoms with Crippen LogP contribution in [0, 0.1) is 23.2 Å². The van der Waals surface area contributed by atoms with Crippen molar-refractivity contribution in [1.29, 1.82) is 5.26 Å². The lowest BCUT2D eigenvalue weighted by molar-refractivity contribution is -0.117. The van der Waals surface area contributed by atoms with E-state index in [0.717, 1.165) is 22.9 Å². The highest BCUT2D eigenvalue weighted by molar-refractivity contribution is 5.98. The van der Waals surface area contributed by atoms with E-state index in [9.17, 15) is 4.79 Å². The van der Waals surface area contributed by atoms with Crippen LogP contribution >= 0.6 is 0 Å². The Kier molecular flexibility index (Phi) is 5.06. The second-order valence-electron chi connectivity index (χ2n) is 7.03. The number of nitrogens with two attached hydrogens (primary N) is 1. The monoisotopic (exact) mass is 388 g/mol. The fourth-order valence-corrected chi connectivity index (χ4v) is 3.31. The third kappa shape index (κ3) is 3.86. The fourth-order valence-electron chi connectivity index (χ4n) is 3.31. The molecule has 0 unspecified atom stereocenters. The van der Waals surface area contributed by atoms with Gasteiger partial charge in [0.1, 0.15) is 11.6 Å². The largest absolute Gasteiger partial charge is 0.384 e. The molecule has 1 aliphatic carbocycles. The highest BCUT2D eigenvalue weighted by Crippen LogP contribution is 2.38. The Labute approximate surface area is 167 Å². The molecule has 1 saturated carbocycles. The Morgan fingerprint density at radius 1 is 1.41 bits per heavy atom. The lowest BCUT2D eigenvalue weighted by Gasteiger charge is -2.11. The third-order valence-corrected chi connectivity index (χ3v) is 5.05. The molecule has 3 aromatic rings. The Bertz CT molecular complexity index is 1120. The molecule has 2 atom stereocenters. The highest BCUT2D eigenvalue weighted by Gasteiger charge is 2.43. The first-order valence-electron chi connectivity index (χ1n) is 9.29. The number of pyridine rings is 3. The molecular formula is C21H20N6O2. The zero-order valence-electron chi connectivity index (χ0n) is 15.9. The molecular weight excluding hydrogens is 368 g/mol. The van der Waals surface area contributed by atoms with Crippen molar-refractivity contribution >= 4 is 28.3 Å². The minimum atomic E-state index is -0.255. The summed E-state index contributed by atoms with van der Waals surface area (Å²) in [6, 6.07) is 7.73. The van der Waals surface area contributed by atoms with E-state index in [-0.39, 0.29) is 17.7 Å². The number of nitrogens with zero attached hydrogens (tertiary/aromatic N) is 4. The standard InChI is InChI=1S/C21H20N6O2/c1-29-5-3-12-2-4-24-10-16(12)18-7-13-8-19(25-11-17(13)20(23)26-18)27-21(28)15-6-14(15)9-22/h2,4,7-8,10-11,14-15H,3,5-6H2,1H3,(H2,23,26)(H,25,27,28)/t14-,15+/m1/s1. The number of hydrogen-bond acceptors (Lipinski definition) is 7. The van der Waals surface area contributed by atoms with Crippen LogP contribution in [0.5, 0.6) is 0 Å². The predicted octanol–water partition coefficient (Wildman–Crippen LogP) is 2.56. The number of nitrogen functional groups attached to an aromatic ring is 1. The summed E-state index contributed by atoms with van der Waals surface area (Å²) in [5.74, 6) is 0.150. The number of fused-ring (bicyclic) bond motifs is 1. The number of anilines is 2. The van der Waals surface area contributed by atoms with Crippen LogP contribution in [0.15, 0.2) is 36.8 Å². The Balaban J connectivity index is 1.67. The minimum Gasteiger partial charge on any atom is -0.384 e. The number of hydrogen-bond donors (Lipinski definition) is 2. The van der Waals surface area contributed by atoms with E-state index in [4.69, 9.17) is 15.7 Å². The fraction of sp³-hybridized carbons (Fsp3) is 0.286. The van der Waals surface area contributed by atoms with E-state index in [1.54, 1.807) is 31.8 Å². The zero-order chi connectivity index (χ0) is 20.4. The van der Waals surface area contributed by atoms with Gasteiger partial charge in [0, 0.05) is 36.7 Å². The van der Waals surface area contributed by atoms with E-state index in [1.165, 1.54) is 0 Å². The van der Waals surface area contributed by atoms with E-state index in [0.29, 0.717) is 35.7 Å². The summed E-state index contributed by atoms with van der Waals surface area (Å²) in [5.41, 5.74) is 8.82. The predicted molar refractivity (Wildman–Crippen MR) is 109 cm³/mol. The van der Waals surface area contributed by atoms with Gasteiger partial charge in [0.05, 0.1) is 30.2 Å². The molecule has 3 N–H and O–H groups in total. The quantitative estimate of drug-likeness (QED) is 0.664. The molecule has 0 spiro atoms. The number of carbonyl (C=O) groups is 1. The first-order chi connectivity index (χ1) is 14.1. The van der Waals surface area contributed by atoms with Crippen LogP contribution in [0.2, 0.25) is 0 Å². The van der Waals surface area contributed by atoms with Crippen molar-refractivity contribution in [3.8, 4) is 17.3 Å². The normalized spacial score (nSPS) is 17.7. The maximum atomic E-state index is 12.2. The molecule has 0 bridgehead atoms. The molecule has 29 heavy (non-hydrogen) atoms. The smallest absolute Gasteiger partial charge is 0.230 e. The minimum absolute atomic E-state index is 0.181. The molecule has 0 saturated heterocycles. The summed E-state index contributed by atoms with van der Waals surface area (Å²) in [6.45, 7) is 0.588. The van der Waals surface area contributed by atoms with Crippen molar-refractivity contribution in [2.75, 3.05) is 24.8 Å². The van der Waals surface area contributed by atoms with Crippen LogP contribution in [0.3, 0.4) is 0 Å². The number of nitriles is 1. The van der Waals surface area contributed by atoms with Crippen LogP contribution in [0.4, 0.5) is 11.6 Å². The van der Waals surface area contributed by atoms with Gasteiger partial charge in [-0.2, -0.15) is 5.26 Å². The molecule has 1 aliphatic rings. The van der Waals surface area contributed by atoms with Gasteiger partial charge in [-0.3, -0.25) is 9.78 Å². The Morgan fingerprint density at radius 2 is 2.28 bits per heavy atom. The molecule has 3 heterocycles. The maximum absolute atomic E-state index is 12.2. The van der Waals surface area contributed by atoms with Gasteiger partial charge in [-0.25, -0.2) is 9.97 Å². The third-order valence-electron chi connectivity index (χ3n) is 5.05. The number of rotatable bonds is 6. The molecule has 8 heteroatoms. The van der Waals surface area contributed by atoms with Crippen LogP contribution < -0.4 is 11.1 Å². The Morgan fingerprint density at radius 3 is 3.03 bits per heavy atom. The van der Waals surface area contributed by atoms with Crippen LogP contribution in [0.1, 0.15) is 12.0 Å². The molecule has 1 amide bonds. The number of methoxy groups -OCH3 is 1. The van der Waals surface area contributed by atoms with Crippen LogP contribution in [-0.4, -0.2) is 34.6 Å². The highest BCUT2D eigenvalue weighted by atomic mass is 16.5. The van der Waals surface area contributed by atoms with Crippen molar-refractivity contribution in [2.45, 2.75) is 12.8 Å². The second kappa shape index (κ2) is 7.81. The lowest BCUT2D eigenvalue weighted by Crippen LogP contribution is -2.15. The second-order valence-corrected chi connectivity index (χ2v) is 7.03. The SMILES string of the molecule is COCCc1ccncc1-c1cc2cc(NC(=O)[C@H]3C[C@@H]3C#N)ncc2c(N)n1. The van der Waals surface area contributed by atoms with Gasteiger partial charge in [0.2, 0.25) is 5.91 Å². The van der Waals surface area contributed by atoms with Gasteiger partial charge in [0.25, 0.3) is 0 Å². The van der Waals surface area contributed by atoms with Gasteiger partial charge >= 0.3 is 0 Å². The Hall–Kier alpha value is -3.57. The molecule has 3 aromatic heterocycles. The van der Waals surface area contributed by atoms with Crippen molar-refractivity contribution in [2.24, 2.45) is 11.8 Å². The summed E-state index contributed by atoms with van der Waals surface area (Å²) in [5, 5.41) is 13.2.